The molecule has 1 saturated carbocycles. The minimum Gasteiger partial charge on any atom is -0.481 e. The van der Waals surface area contributed by atoms with E-state index in [1.54, 1.807) is 18.7 Å². The Bertz CT molecular complexity index is 528. The molecule has 1 N–H and O–H groups in total. The molecule has 0 aliphatic heterocycles. The van der Waals surface area contributed by atoms with E-state index in [0.717, 1.165) is 24.1 Å². The van der Waals surface area contributed by atoms with Gasteiger partial charge in [-0.1, -0.05) is 12.1 Å². The van der Waals surface area contributed by atoms with Crippen LogP contribution in [0.1, 0.15) is 49.6 Å². The second-order valence-electron chi connectivity index (χ2n) is 5.92. The third-order valence-corrected chi connectivity index (χ3v) is 4.05. The summed E-state index contributed by atoms with van der Waals surface area (Å²) in [6, 6.07) is 0.183. The number of hydrogen-bond acceptors (Lipinski definition) is 4. The molecular weight excluding hydrogens is 272 g/mol. The van der Waals surface area contributed by atoms with Crippen LogP contribution in [0, 0.1) is 19.8 Å². The highest BCUT2D eigenvalue weighted by Crippen LogP contribution is 2.32. The van der Waals surface area contributed by atoms with Gasteiger partial charge in [-0.3, -0.25) is 9.59 Å². The van der Waals surface area contributed by atoms with Gasteiger partial charge in [-0.15, -0.1) is 0 Å². The van der Waals surface area contributed by atoms with Gasteiger partial charge in [-0.25, -0.2) is 0 Å². The summed E-state index contributed by atoms with van der Waals surface area (Å²) >= 11 is 0. The fraction of sp³-hybridized carbons (Fsp3) is 0.667. The third-order valence-electron chi connectivity index (χ3n) is 4.05. The lowest BCUT2D eigenvalue weighted by atomic mass is 9.97. The van der Waals surface area contributed by atoms with Crippen molar-refractivity contribution in [3.63, 3.8) is 0 Å². The molecule has 21 heavy (non-hydrogen) atoms. The van der Waals surface area contributed by atoms with Crippen LogP contribution in [0.25, 0.3) is 0 Å². The number of carboxylic acids is 1. The Morgan fingerprint density at radius 3 is 2.43 bits per heavy atom. The Morgan fingerprint density at radius 1 is 1.38 bits per heavy atom. The Hall–Kier alpha value is -1.85. The summed E-state index contributed by atoms with van der Waals surface area (Å²) in [6.45, 7) is 7.32. The summed E-state index contributed by atoms with van der Waals surface area (Å²) < 4.78 is 5.13. The molecule has 1 aliphatic rings. The number of carbonyl (C=O) groups excluding carboxylic acids is 1. The van der Waals surface area contributed by atoms with Crippen molar-refractivity contribution in [1.82, 2.24) is 10.1 Å². The fourth-order valence-corrected chi connectivity index (χ4v) is 2.66. The Labute approximate surface area is 124 Å². The van der Waals surface area contributed by atoms with Crippen LogP contribution < -0.4 is 0 Å². The van der Waals surface area contributed by atoms with E-state index >= 15 is 0 Å². The van der Waals surface area contributed by atoms with Gasteiger partial charge in [0.1, 0.15) is 5.76 Å². The Kier molecular flexibility index (Phi) is 4.34. The normalized spacial score (nSPS) is 17.3. The molecule has 0 aromatic carbocycles. The fourth-order valence-electron chi connectivity index (χ4n) is 2.66. The van der Waals surface area contributed by atoms with E-state index in [1.807, 2.05) is 13.8 Å². The van der Waals surface area contributed by atoms with Crippen molar-refractivity contribution in [2.24, 2.45) is 5.92 Å². The zero-order chi connectivity index (χ0) is 15.7. The average Bonchev–Trinajstić information content (AvgIpc) is 3.20. The van der Waals surface area contributed by atoms with E-state index < -0.39 is 11.9 Å². The molecule has 2 unspecified atom stereocenters. The summed E-state index contributed by atoms with van der Waals surface area (Å²) in [4.78, 5) is 25.5. The van der Waals surface area contributed by atoms with E-state index in [4.69, 9.17) is 9.63 Å². The van der Waals surface area contributed by atoms with Crippen LogP contribution in [0.2, 0.25) is 0 Å². The number of aromatic nitrogens is 1. The van der Waals surface area contributed by atoms with E-state index in [-0.39, 0.29) is 24.4 Å². The molecule has 1 fully saturated rings. The lowest BCUT2D eigenvalue weighted by Gasteiger charge is -2.27. The number of amides is 1. The summed E-state index contributed by atoms with van der Waals surface area (Å²) in [6.07, 6.45) is 1.90. The first-order valence-electron chi connectivity index (χ1n) is 7.29. The van der Waals surface area contributed by atoms with Crippen molar-refractivity contribution in [3.8, 4) is 0 Å². The van der Waals surface area contributed by atoms with Gasteiger partial charge in [0.2, 0.25) is 5.91 Å². The van der Waals surface area contributed by atoms with E-state index in [2.05, 4.69) is 5.16 Å². The Morgan fingerprint density at radius 2 is 2.00 bits per heavy atom. The number of rotatable bonds is 6. The minimum atomic E-state index is -0.876. The molecule has 1 heterocycles. The van der Waals surface area contributed by atoms with Crippen molar-refractivity contribution >= 4 is 11.9 Å². The summed E-state index contributed by atoms with van der Waals surface area (Å²) in [7, 11) is 0. The van der Waals surface area contributed by atoms with Gasteiger partial charge in [0, 0.05) is 18.2 Å². The highest BCUT2D eigenvalue weighted by Gasteiger charge is 2.37. The lowest BCUT2D eigenvalue weighted by Crippen LogP contribution is -2.40. The predicted octanol–water partition coefficient (Wildman–Crippen LogP) is 2.11. The maximum atomic E-state index is 12.7. The number of nitrogens with zero attached hydrogens (tertiary/aromatic N) is 2. The van der Waals surface area contributed by atoms with Gasteiger partial charge < -0.3 is 14.5 Å². The maximum absolute atomic E-state index is 12.7. The standard InChI is InChI=1S/C15H22N2O4/c1-8(15(19)20)7-17(12-5-6-12)14(18)9(2)13-10(3)16-21-11(13)4/h8-9,12H,5-7H2,1-4H3,(H,19,20). The quantitative estimate of drug-likeness (QED) is 0.868. The molecule has 1 amide bonds. The third kappa shape index (κ3) is 3.25. The highest BCUT2D eigenvalue weighted by molar-refractivity contribution is 5.85. The molecule has 0 saturated heterocycles. The molecule has 0 bridgehead atoms. The molecule has 0 spiro atoms. The van der Waals surface area contributed by atoms with Crippen molar-refractivity contribution in [2.45, 2.75) is 52.5 Å². The van der Waals surface area contributed by atoms with Crippen LogP contribution >= 0.6 is 0 Å². The van der Waals surface area contributed by atoms with Crippen LogP contribution in [-0.4, -0.2) is 39.6 Å². The van der Waals surface area contributed by atoms with Gasteiger partial charge in [-0.2, -0.15) is 0 Å². The van der Waals surface area contributed by atoms with E-state index in [9.17, 15) is 9.59 Å². The molecule has 1 aliphatic carbocycles. The summed E-state index contributed by atoms with van der Waals surface area (Å²) in [5.41, 5.74) is 1.53. The van der Waals surface area contributed by atoms with Crippen molar-refractivity contribution in [2.75, 3.05) is 6.54 Å². The van der Waals surface area contributed by atoms with Gasteiger partial charge in [-0.05, 0) is 33.6 Å². The van der Waals surface area contributed by atoms with Crippen LogP contribution in [0.4, 0.5) is 0 Å². The number of carboxylic acid groups (broad SMARTS) is 1. The van der Waals surface area contributed by atoms with Gasteiger partial charge in [0.25, 0.3) is 0 Å². The van der Waals surface area contributed by atoms with Crippen LogP contribution in [0.3, 0.4) is 0 Å². The SMILES string of the molecule is Cc1noc(C)c1C(C)C(=O)N(CC(C)C(=O)O)C1CC1. The molecule has 6 nitrogen and oxygen atoms in total. The summed E-state index contributed by atoms with van der Waals surface area (Å²) in [5, 5.41) is 13.0. The zero-order valence-electron chi connectivity index (χ0n) is 12.9. The van der Waals surface area contributed by atoms with Crippen molar-refractivity contribution < 1.29 is 19.2 Å². The average molecular weight is 294 g/mol. The lowest BCUT2D eigenvalue weighted by molar-refractivity contribution is -0.143. The molecule has 0 radical (unpaired) electrons. The van der Waals surface area contributed by atoms with Gasteiger partial charge >= 0.3 is 5.97 Å². The molecule has 1 aromatic rings. The van der Waals surface area contributed by atoms with Crippen molar-refractivity contribution in [1.29, 1.82) is 0 Å². The van der Waals surface area contributed by atoms with Crippen LogP contribution in [0.15, 0.2) is 4.52 Å². The zero-order valence-corrected chi connectivity index (χ0v) is 12.9. The molecule has 2 rings (SSSR count). The summed E-state index contributed by atoms with van der Waals surface area (Å²) in [5.74, 6) is -1.20. The van der Waals surface area contributed by atoms with E-state index in [1.165, 1.54) is 0 Å². The number of carbonyl (C=O) groups is 2. The smallest absolute Gasteiger partial charge is 0.308 e. The molecule has 116 valence electrons. The van der Waals surface area contributed by atoms with Gasteiger partial charge in [0.15, 0.2) is 0 Å². The number of hydrogen-bond donors (Lipinski definition) is 1. The second-order valence-corrected chi connectivity index (χ2v) is 5.92. The maximum Gasteiger partial charge on any atom is 0.308 e. The van der Waals surface area contributed by atoms with Crippen LogP contribution in [0.5, 0.6) is 0 Å². The molecule has 6 heteroatoms. The Balaban J connectivity index is 2.17. The second kappa shape index (κ2) is 5.87. The van der Waals surface area contributed by atoms with Gasteiger partial charge in [0.05, 0.1) is 17.5 Å². The highest BCUT2D eigenvalue weighted by atomic mass is 16.5. The van der Waals surface area contributed by atoms with Crippen LogP contribution in [-0.2, 0) is 9.59 Å². The number of aryl methyl sites for hydroxylation is 2. The largest absolute Gasteiger partial charge is 0.481 e. The molecule has 2 atom stereocenters. The first-order valence-corrected chi connectivity index (χ1v) is 7.29. The topological polar surface area (TPSA) is 83.6 Å². The van der Waals surface area contributed by atoms with E-state index in [0.29, 0.717) is 5.76 Å². The monoisotopic (exact) mass is 294 g/mol. The number of aliphatic carboxylic acids is 1. The minimum absolute atomic E-state index is 0.0417. The predicted molar refractivity (Wildman–Crippen MR) is 75.9 cm³/mol. The first-order chi connectivity index (χ1) is 9.82. The molecule has 1 aromatic heterocycles. The first kappa shape index (κ1) is 15.5. The molecular formula is C15H22N2O4. The van der Waals surface area contributed by atoms with Crippen molar-refractivity contribution in [3.05, 3.63) is 17.0 Å².